The minimum atomic E-state index is -0.200. The number of hydrogen-bond donors (Lipinski definition) is 2. The van der Waals surface area contributed by atoms with Gasteiger partial charge in [0.2, 0.25) is 0 Å². The van der Waals surface area contributed by atoms with Crippen LogP contribution in [-0.4, -0.2) is 23.3 Å². The molecule has 0 aliphatic carbocycles. The first-order valence-electron chi connectivity index (χ1n) is 5.28. The number of aliphatic hydroxyl groups excluding tert-OH is 1. The Balaban J connectivity index is 3.57. The van der Waals surface area contributed by atoms with E-state index in [1.54, 1.807) is 0 Å². The molecule has 0 aromatic carbocycles. The molecule has 2 heteroatoms. The van der Waals surface area contributed by atoms with E-state index < -0.39 is 0 Å². The smallest absolute Gasteiger partial charge is 0.0667 e. The van der Waals surface area contributed by atoms with Crippen molar-refractivity contribution in [3.8, 4) is 0 Å². The quantitative estimate of drug-likeness (QED) is 0.691. The molecule has 0 fully saturated rings. The van der Waals surface area contributed by atoms with Crippen LogP contribution in [0.25, 0.3) is 0 Å². The van der Waals surface area contributed by atoms with Crippen LogP contribution >= 0.6 is 0 Å². The molecule has 0 radical (unpaired) electrons. The van der Waals surface area contributed by atoms with E-state index in [2.05, 4.69) is 39.9 Å². The van der Waals surface area contributed by atoms with Gasteiger partial charge in [-0.25, -0.2) is 0 Å². The van der Waals surface area contributed by atoms with Crippen LogP contribution in [0.5, 0.6) is 0 Å². The Kier molecular flexibility index (Phi) is 5.57. The van der Waals surface area contributed by atoms with Gasteiger partial charge in [0.25, 0.3) is 0 Å². The average Bonchev–Trinajstić information content (AvgIpc) is 1.99. The summed E-state index contributed by atoms with van der Waals surface area (Å²) in [6.45, 7) is 11.4. The molecular formula is C11H25NO. The second kappa shape index (κ2) is 5.61. The molecule has 2 atom stereocenters. The largest absolute Gasteiger partial charge is 0.392 e. The number of aliphatic hydroxyl groups is 1. The molecule has 2 unspecified atom stereocenters. The Morgan fingerprint density at radius 3 is 2.23 bits per heavy atom. The highest BCUT2D eigenvalue weighted by atomic mass is 16.3. The van der Waals surface area contributed by atoms with Crippen LogP contribution in [0.15, 0.2) is 0 Å². The molecule has 0 spiro atoms. The highest BCUT2D eigenvalue weighted by Crippen LogP contribution is 2.10. The number of nitrogens with one attached hydrogen (secondary N) is 1. The molecular weight excluding hydrogens is 162 g/mol. The van der Waals surface area contributed by atoms with Crippen molar-refractivity contribution in [3.05, 3.63) is 0 Å². The van der Waals surface area contributed by atoms with Crippen molar-refractivity contribution >= 4 is 0 Å². The third-order valence-electron chi connectivity index (χ3n) is 2.24. The summed E-state index contributed by atoms with van der Waals surface area (Å²) in [5, 5.41) is 13.0. The Labute approximate surface area is 82.7 Å². The van der Waals surface area contributed by atoms with Crippen molar-refractivity contribution in [2.75, 3.05) is 6.54 Å². The van der Waals surface area contributed by atoms with Gasteiger partial charge in [-0.05, 0) is 33.1 Å². The topological polar surface area (TPSA) is 32.3 Å². The summed E-state index contributed by atoms with van der Waals surface area (Å²) in [4.78, 5) is 0. The minimum Gasteiger partial charge on any atom is -0.392 e. The molecule has 80 valence electrons. The maximum Gasteiger partial charge on any atom is 0.0667 e. The van der Waals surface area contributed by atoms with E-state index in [0.717, 1.165) is 12.8 Å². The van der Waals surface area contributed by atoms with Gasteiger partial charge in [-0.3, -0.25) is 0 Å². The van der Waals surface area contributed by atoms with Crippen LogP contribution < -0.4 is 5.32 Å². The van der Waals surface area contributed by atoms with Crippen LogP contribution in [0.2, 0.25) is 0 Å². The van der Waals surface area contributed by atoms with Crippen molar-refractivity contribution in [2.45, 2.75) is 59.1 Å². The van der Waals surface area contributed by atoms with Gasteiger partial charge >= 0.3 is 0 Å². The molecule has 0 saturated carbocycles. The lowest BCUT2D eigenvalue weighted by Crippen LogP contribution is -2.41. The molecule has 0 heterocycles. The SMILES string of the molecule is CCC(C)CC(O)CNC(C)(C)C. The summed E-state index contributed by atoms with van der Waals surface area (Å²) < 4.78 is 0. The van der Waals surface area contributed by atoms with E-state index in [-0.39, 0.29) is 11.6 Å². The second-order valence-corrected chi connectivity index (χ2v) is 5.03. The molecule has 0 aliphatic heterocycles. The zero-order valence-corrected chi connectivity index (χ0v) is 9.72. The highest BCUT2D eigenvalue weighted by Gasteiger charge is 2.13. The molecule has 0 rings (SSSR count). The van der Waals surface area contributed by atoms with Gasteiger partial charge in [-0.1, -0.05) is 20.3 Å². The summed E-state index contributed by atoms with van der Waals surface area (Å²) in [5.41, 5.74) is 0.108. The van der Waals surface area contributed by atoms with Gasteiger partial charge in [0.15, 0.2) is 0 Å². The van der Waals surface area contributed by atoms with E-state index in [1.807, 2.05) is 0 Å². The molecule has 0 aromatic heterocycles. The summed E-state index contributed by atoms with van der Waals surface area (Å²) in [6, 6.07) is 0. The van der Waals surface area contributed by atoms with E-state index >= 15 is 0 Å². The van der Waals surface area contributed by atoms with Gasteiger partial charge < -0.3 is 10.4 Å². The minimum absolute atomic E-state index is 0.108. The fourth-order valence-corrected chi connectivity index (χ4v) is 1.14. The Morgan fingerprint density at radius 1 is 1.31 bits per heavy atom. The standard InChI is InChI=1S/C11H25NO/c1-6-9(2)7-10(13)8-12-11(3,4)5/h9-10,12-13H,6-8H2,1-5H3. The molecule has 2 N–H and O–H groups in total. The second-order valence-electron chi connectivity index (χ2n) is 5.03. The summed E-state index contributed by atoms with van der Waals surface area (Å²) in [6.07, 6.45) is 1.85. The van der Waals surface area contributed by atoms with Crippen LogP contribution in [0.4, 0.5) is 0 Å². The van der Waals surface area contributed by atoms with Gasteiger partial charge in [0.1, 0.15) is 0 Å². The van der Waals surface area contributed by atoms with Crippen molar-refractivity contribution < 1.29 is 5.11 Å². The fourth-order valence-electron chi connectivity index (χ4n) is 1.14. The third-order valence-corrected chi connectivity index (χ3v) is 2.24. The number of hydrogen-bond acceptors (Lipinski definition) is 2. The Hall–Kier alpha value is -0.0800. The summed E-state index contributed by atoms with van der Waals surface area (Å²) in [5.74, 6) is 0.622. The lowest BCUT2D eigenvalue weighted by atomic mass is 10.0. The number of rotatable bonds is 5. The van der Waals surface area contributed by atoms with Gasteiger partial charge in [0.05, 0.1) is 6.10 Å². The molecule has 0 aliphatic rings. The molecule has 13 heavy (non-hydrogen) atoms. The molecule has 0 bridgehead atoms. The van der Waals surface area contributed by atoms with E-state index in [0.29, 0.717) is 12.5 Å². The fraction of sp³-hybridized carbons (Fsp3) is 1.00. The Bertz CT molecular complexity index is 129. The predicted octanol–water partition coefficient (Wildman–Crippen LogP) is 2.17. The van der Waals surface area contributed by atoms with Crippen molar-refractivity contribution in [2.24, 2.45) is 5.92 Å². The third kappa shape index (κ3) is 8.26. The van der Waals surface area contributed by atoms with Gasteiger partial charge in [-0.15, -0.1) is 0 Å². The summed E-state index contributed by atoms with van der Waals surface area (Å²) >= 11 is 0. The van der Waals surface area contributed by atoms with Crippen molar-refractivity contribution in [3.63, 3.8) is 0 Å². The maximum absolute atomic E-state index is 9.65. The zero-order valence-electron chi connectivity index (χ0n) is 9.72. The molecule has 0 aromatic rings. The number of β-amino-alcohol motifs (C(OH)–C–C–N with tert-alkyl or cyclic N) is 1. The normalized spacial score (nSPS) is 17.1. The van der Waals surface area contributed by atoms with Crippen LogP contribution in [0.3, 0.4) is 0 Å². The van der Waals surface area contributed by atoms with E-state index in [4.69, 9.17) is 0 Å². The highest BCUT2D eigenvalue weighted by molar-refractivity contribution is 4.73. The monoisotopic (exact) mass is 187 g/mol. The summed E-state index contributed by atoms with van der Waals surface area (Å²) in [7, 11) is 0. The molecule has 2 nitrogen and oxygen atoms in total. The molecule has 0 saturated heterocycles. The maximum atomic E-state index is 9.65. The van der Waals surface area contributed by atoms with Crippen molar-refractivity contribution in [1.29, 1.82) is 0 Å². The Morgan fingerprint density at radius 2 is 1.85 bits per heavy atom. The van der Waals surface area contributed by atoms with Gasteiger partial charge in [0, 0.05) is 12.1 Å². The van der Waals surface area contributed by atoms with Crippen LogP contribution in [-0.2, 0) is 0 Å². The first-order chi connectivity index (χ1) is 5.85. The zero-order chi connectivity index (χ0) is 10.5. The van der Waals surface area contributed by atoms with Crippen molar-refractivity contribution in [1.82, 2.24) is 5.32 Å². The van der Waals surface area contributed by atoms with E-state index in [1.165, 1.54) is 0 Å². The van der Waals surface area contributed by atoms with E-state index in [9.17, 15) is 5.11 Å². The predicted molar refractivity (Wildman–Crippen MR) is 57.8 cm³/mol. The first-order valence-corrected chi connectivity index (χ1v) is 5.28. The first kappa shape index (κ1) is 12.9. The van der Waals surface area contributed by atoms with Crippen LogP contribution in [0, 0.1) is 5.92 Å². The molecule has 0 amide bonds. The lowest BCUT2D eigenvalue weighted by molar-refractivity contribution is 0.133. The van der Waals surface area contributed by atoms with Gasteiger partial charge in [-0.2, -0.15) is 0 Å². The van der Waals surface area contributed by atoms with Crippen LogP contribution in [0.1, 0.15) is 47.5 Å². The lowest BCUT2D eigenvalue weighted by Gasteiger charge is -2.23. The average molecular weight is 187 g/mol.